The third kappa shape index (κ3) is 2.94. The van der Waals surface area contributed by atoms with Gasteiger partial charge in [0.15, 0.2) is 5.82 Å². The van der Waals surface area contributed by atoms with Gasteiger partial charge in [0.05, 0.1) is 9.82 Å². The van der Waals surface area contributed by atoms with E-state index in [-0.39, 0.29) is 16.4 Å². The smallest absolute Gasteiger partial charge is 0.270 e. The second kappa shape index (κ2) is 5.29. The molecule has 2 N–H and O–H groups in total. The number of non-ortho nitro benzene ring substituents is 1. The first-order valence-corrected chi connectivity index (χ1v) is 7.22. The second-order valence-electron chi connectivity index (χ2n) is 3.99. The lowest BCUT2D eigenvalue weighted by molar-refractivity contribution is -0.385. The molecule has 8 nitrogen and oxygen atoms in total. The van der Waals surface area contributed by atoms with Crippen LogP contribution in [-0.2, 0) is 16.4 Å². The second-order valence-corrected chi connectivity index (χ2v) is 5.67. The van der Waals surface area contributed by atoms with Gasteiger partial charge in [0.2, 0.25) is 0 Å². The summed E-state index contributed by atoms with van der Waals surface area (Å²) in [6.07, 6.45) is 0.686. The van der Waals surface area contributed by atoms with E-state index in [0.717, 1.165) is 11.8 Å². The van der Waals surface area contributed by atoms with Crippen LogP contribution < -0.4 is 4.72 Å². The molecule has 106 valence electrons. The minimum atomic E-state index is -3.90. The summed E-state index contributed by atoms with van der Waals surface area (Å²) in [5, 5.41) is 17.1. The molecule has 9 heteroatoms. The van der Waals surface area contributed by atoms with Crippen molar-refractivity contribution in [1.82, 2.24) is 10.2 Å². The molecular weight excluding hydrogens is 284 g/mol. The van der Waals surface area contributed by atoms with Crippen LogP contribution in [0.4, 0.5) is 11.5 Å². The van der Waals surface area contributed by atoms with E-state index < -0.39 is 14.9 Å². The summed E-state index contributed by atoms with van der Waals surface area (Å²) in [5.41, 5.74) is 0.492. The molecule has 0 spiro atoms. The average Bonchev–Trinajstić information content (AvgIpc) is 2.86. The number of H-pyrrole nitrogens is 1. The topological polar surface area (TPSA) is 118 Å². The van der Waals surface area contributed by atoms with E-state index in [1.807, 2.05) is 6.92 Å². The average molecular weight is 296 g/mol. The molecule has 20 heavy (non-hydrogen) atoms. The fourth-order valence-corrected chi connectivity index (χ4v) is 2.59. The van der Waals surface area contributed by atoms with Gasteiger partial charge in [-0.05, 0) is 12.5 Å². The summed E-state index contributed by atoms with van der Waals surface area (Å²) in [6.45, 7) is 1.90. The van der Waals surface area contributed by atoms with Gasteiger partial charge >= 0.3 is 0 Å². The van der Waals surface area contributed by atoms with Gasteiger partial charge in [-0.3, -0.25) is 19.9 Å². The van der Waals surface area contributed by atoms with Crippen LogP contribution in [0.3, 0.4) is 0 Å². The minimum absolute atomic E-state index is 0.147. The van der Waals surface area contributed by atoms with Gasteiger partial charge in [0.25, 0.3) is 15.7 Å². The molecule has 0 radical (unpaired) electrons. The van der Waals surface area contributed by atoms with Crippen molar-refractivity contribution in [3.63, 3.8) is 0 Å². The molecule has 0 unspecified atom stereocenters. The maximum absolute atomic E-state index is 12.1. The highest BCUT2D eigenvalue weighted by atomic mass is 32.2. The Bertz CT molecular complexity index is 738. The number of hydrogen-bond acceptors (Lipinski definition) is 5. The van der Waals surface area contributed by atoms with Gasteiger partial charge in [0, 0.05) is 23.9 Å². The summed E-state index contributed by atoms with van der Waals surface area (Å²) in [7, 11) is -3.90. The monoisotopic (exact) mass is 296 g/mol. The largest absolute Gasteiger partial charge is 0.280 e. The molecule has 0 aliphatic heterocycles. The third-order valence-electron chi connectivity index (χ3n) is 2.59. The number of nitrogens with one attached hydrogen (secondary N) is 2. The van der Waals surface area contributed by atoms with E-state index in [4.69, 9.17) is 0 Å². The van der Waals surface area contributed by atoms with E-state index in [2.05, 4.69) is 14.9 Å². The van der Waals surface area contributed by atoms with Crippen LogP contribution in [0.25, 0.3) is 0 Å². The van der Waals surface area contributed by atoms with Gasteiger partial charge in [-0.25, -0.2) is 8.42 Å². The highest BCUT2D eigenvalue weighted by molar-refractivity contribution is 7.92. The molecule has 0 saturated carbocycles. The van der Waals surface area contributed by atoms with Crippen molar-refractivity contribution >= 4 is 21.5 Å². The fourth-order valence-electron chi connectivity index (χ4n) is 1.56. The zero-order chi connectivity index (χ0) is 14.8. The SMILES string of the molecule is CCc1cc(NS(=O)(=O)c2cccc([N+](=O)[O-])c2)n[nH]1. The van der Waals surface area contributed by atoms with E-state index in [1.165, 1.54) is 18.2 Å². The Morgan fingerprint density at radius 2 is 2.15 bits per heavy atom. The summed E-state index contributed by atoms with van der Waals surface area (Å²) in [6, 6.07) is 6.38. The number of nitro groups is 1. The van der Waals surface area contributed by atoms with Gasteiger partial charge in [0.1, 0.15) is 0 Å². The van der Waals surface area contributed by atoms with Gasteiger partial charge in [-0.1, -0.05) is 13.0 Å². The molecule has 0 aliphatic carbocycles. The van der Waals surface area contributed by atoms with Gasteiger partial charge < -0.3 is 0 Å². The zero-order valence-corrected chi connectivity index (χ0v) is 11.3. The number of aromatic nitrogens is 2. The molecular formula is C11H12N4O4S. The molecule has 0 aliphatic rings. The number of anilines is 1. The van der Waals surface area contributed by atoms with Gasteiger partial charge in [-0.15, -0.1) is 0 Å². The van der Waals surface area contributed by atoms with E-state index in [0.29, 0.717) is 6.42 Å². The lowest BCUT2D eigenvalue weighted by atomic mass is 10.3. The molecule has 0 amide bonds. The molecule has 1 aromatic heterocycles. The Hall–Kier alpha value is -2.42. The summed E-state index contributed by atoms with van der Waals surface area (Å²) >= 11 is 0. The first kappa shape index (κ1) is 14.0. The predicted molar refractivity (Wildman–Crippen MR) is 71.9 cm³/mol. The van der Waals surface area contributed by atoms with Crippen LogP contribution in [0.15, 0.2) is 35.2 Å². The standard InChI is InChI=1S/C11H12N4O4S/c1-2-8-6-11(13-12-8)14-20(18,19)10-5-3-4-9(7-10)15(16)17/h3-7H,2H2,1H3,(H2,12,13,14). The van der Waals surface area contributed by atoms with Crippen LogP contribution in [-0.4, -0.2) is 23.5 Å². The molecule has 0 bridgehead atoms. The first-order valence-electron chi connectivity index (χ1n) is 5.74. The molecule has 1 aromatic carbocycles. The molecule has 0 fully saturated rings. The number of sulfonamides is 1. The van der Waals surface area contributed by atoms with Crippen molar-refractivity contribution < 1.29 is 13.3 Å². The number of rotatable bonds is 5. The summed E-state index contributed by atoms with van der Waals surface area (Å²) < 4.78 is 26.4. The van der Waals surface area contributed by atoms with Crippen LogP contribution in [0, 0.1) is 10.1 Å². The lowest BCUT2D eigenvalue weighted by Gasteiger charge is -2.04. The number of nitro benzene ring substituents is 1. The maximum atomic E-state index is 12.1. The number of nitrogens with zero attached hydrogens (tertiary/aromatic N) is 2. The fraction of sp³-hybridized carbons (Fsp3) is 0.182. The zero-order valence-electron chi connectivity index (χ0n) is 10.5. The van der Waals surface area contributed by atoms with Crippen LogP contribution in [0.5, 0.6) is 0 Å². The van der Waals surface area contributed by atoms with E-state index >= 15 is 0 Å². The summed E-state index contributed by atoms with van der Waals surface area (Å²) in [4.78, 5) is 9.82. The van der Waals surface area contributed by atoms with E-state index in [9.17, 15) is 18.5 Å². The lowest BCUT2D eigenvalue weighted by Crippen LogP contribution is -2.13. The Morgan fingerprint density at radius 3 is 2.75 bits per heavy atom. The van der Waals surface area contributed by atoms with Crippen LogP contribution in [0.1, 0.15) is 12.6 Å². The van der Waals surface area contributed by atoms with Crippen molar-refractivity contribution in [2.75, 3.05) is 4.72 Å². The van der Waals surface area contributed by atoms with Crippen LogP contribution in [0.2, 0.25) is 0 Å². The summed E-state index contributed by atoms with van der Waals surface area (Å²) in [5.74, 6) is 0.147. The highest BCUT2D eigenvalue weighted by Crippen LogP contribution is 2.19. The van der Waals surface area contributed by atoms with Crippen molar-refractivity contribution in [2.45, 2.75) is 18.2 Å². The first-order chi connectivity index (χ1) is 9.42. The molecule has 2 aromatic rings. The molecule has 0 atom stereocenters. The Balaban J connectivity index is 2.30. The van der Waals surface area contributed by atoms with Crippen molar-refractivity contribution in [3.8, 4) is 0 Å². The predicted octanol–water partition coefficient (Wildman–Crippen LogP) is 1.68. The normalized spacial score (nSPS) is 11.2. The van der Waals surface area contributed by atoms with Crippen LogP contribution >= 0.6 is 0 Å². The van der Waals surface area contributed by atoms with E-state index in [1.54, 1.807) is 6.07 Å². The Kier molecular flexibility index (Phi) is 3.70. The quantitative estimate of drug-likeness (QED) is 0.642. The van der Waals surface area contributed by atoms with Crippen molar-refractivity contribution in [2.24, 2.45) is 0 Å². The molecule has 1 heterocycles. The van der Waals surface area contributed by atoms with Gasteiger partial charge in [-0.2, -0.15) is 5.10 Å². The molecule has 0 saturated heterocycles. The molecule has 2 rings (SSSR count). The van der Waals surface area contributed by atoms with Crippen molar-refractivity contribution in [3.05, 3.63) is 46.1 Å². The Labute approximate surface area is 115 Å². The maximum Gasteiger partial charge on any atom is 0.270 e. The van der Waals surface area contributed by atoms with Crippen molar-refractivity contribution in [1.29, 1.82) is 0 Å². The number of aromatic amines is 1. The number of benzene rings is 1. The third-order valence-corrected chi connectivity index (χ3v) is 3.94. The highest BCUT2D eigenvalue weighted by Gasteiger charge is 2.18. The Morgan fingerprint density at radius 1 is 1.40 bits per heavy atom. The number of hydrogen-bond donors (Lipinski definition) is 2. The number of aryl methyl sites for hydroxylation is 1. The minimum Gasteiger partial charge on any atom is -0.280 e.